The van der Waals surface area contributed by atoms with Crippen LogP contribution >= 0.6 is 11.3 Å². The number of nitrogens with one attached hydrogen (secondary N) is 2. The summed E-state index contributed by atoms with van der Waals surface area (Å²) in [5.41, 5.74) is 4.43. The lowest BCUT2D eigenvalue weighted by Gasteiger charge is -2.00. The van der Waals surface area contributed by atoms with Crippen LogP contribution in [0.25, 0.3) is 21.6 Å². The van der Waals surface area contributed by atoms with Crippen molar-refractivity contribution in [3.8, 4) is 10.6 Å². The van der Waals surface area contributed by atoms with E-state index in [0.717, 1.165) is 40.1 Å². The Labute approximate surface area is 160 Å². The maximum Gasteiger partial charge on any atom is 0.269 e. The number of carbonyl (C=O) groups is 1. The number of benzene rings is 1. The number of aromatic nitrogens is 4. The molecular formula is C20H19N5OS. The monoisotopic (exact) mass is 377 g/mol. The van der Waals surface area contributed by atoms with Crippen molar-refractivity contribution in [2.24, 2.45) is 0 Å². The zero-order chi connectivity index (χ0) is 18.8. The first kappa shape index (κ1) is 17.4. The minimum atomic E-state index is -0.210. The fourth-order valence-electron chi connectivity index (χ4n) is 2.91. The molecule has 136 valence electrons. The van der Waals surface area contributed by atoms with E-state index in [1.54, 1.807) is 6.20 Å². The number of amides is 1. The van der Waals surface area contributed by atoms with E-state index in [1.165, 1.54) is 11.3 Å². The molecule has 0 aliphatic heterocycles. The van der Waals surface area contributed by atoms with Gasteiger partial charge in [0, 0.05) is 17.5 Å². The van der Waals surface area contributed by atoms with Crippen LogP contribution in [0.1, 0.15) is 34.4 Å². The summed E-state index contributed by atoms with van der Waals surface area (Å²) in [4.78, 5) is 29.8. The van der Waals surface area contributed by atoms with E-state index in [1.807, 2.05) is 43.3 Å². The summed E-state index contributed by atoms with van der Waals surface area (Å²) in [6.07, 6.45) is 3.77. The Balaban J connectivity index is 1.58. The number of hydrogen-bond donors (Lipinski definition) is 2. The number of H-pyrrole nitrogens is 1. The van der Waals surface area contributed by atoms with E-state index in [4.69, 9.17) is 0 Å². The van der Waals surface area contributed by atoms with Gasteiger partial charge < -0.3 is 4.98 Å². The van der Waals surface area contributed by atoms with Crippen LogP contribution in [-0.4, -0.2) is 25.8 Å². The molecule has 0 radical (unpaired) electrons. The predicted octanol–water partition coefficient (Wildman–Crippen LogP) is 4.59. The minimum Gasteiger partial charge on any atom is -0.324 e. The first-order valence-corrected chi connectivity index (χ1v) is 9.64. The third-order valence-electron chi connectivity index (χ3n) is 4.19. The molecule has 4 rings (SSSR count). The number of aromatic amines is 1. The number of anilines is 1. The molecule has 0 saturated carbocycles. The molecular weight excluding hydrogens is 358 g/mol. The third-order valence-corrected chi connectivity index (χ3v) is 5.40. The van der Waals surface area contributed by atoms with Crippen molar-refractivity contribution in [1.82, 2.24) is 19.9 Å². The van der Waals surface area contributed by atoms with Crippen molar-refractivity contribution in [2.75, 3.05) is 5.32 Å². The molecule has 3 aromatic heterocycles. The highest BCUT2D eigenvalue weighted by atomic mass is 32.1. The second-order valence-corrected chi connectivity index (χ2v) is 7.28. The molecule has 0 spiro atoms. The topological polar surface area (TPSA) is 83.6 Å². The van der Waals surface area contributed by atoms with Gasteiger partial charge in [-0.25, -0.2) is 9.97 Å². The summed E-state index contributed by atoms with van der Waals surface area (Å²) in [6, 6.07) is 11.6. The van der Waals surface area contributed by atoms with Gasteiger partial charge in [-0.1, -0.05) is 25.5 Å². The van der Waals surface area contributed by atoms with E-state index in [9.17, 15) is 4.79 Å². The van der Waals surface area contributed by atoms with Crippen molar-refractivity contribution in [1.29, 1.82) is 0 Å². The number of thiazole rings is 1. The molecule has 0 aliphatic carbocycles. The number of carbonyl (C=O) groups excluding carboxylic acids is 1. The van der Waals surface area contributed by atoms with Gasteiger partial charge in [-0.2, -0.15) is 0 Å². The van der Waals surface area contributed by atoms with E-state index in [2.05, 4.69) is 32.2 Å². The Hall–Kier alpha value is -3.06. The molecule has 3 heterocycles. The average molecular weight is 377 g/mol. The molecule has 0 fully saturated rings. The fraction of sp³-hybridized carbons (Fsp3) is 0.200. The van der Waals surface area contributed by atoms with Crippen molar-refractivity contribution < 1.29 is 4.79 Å². The Morgan fingerprint density at radius 3 is 2.89 bits per heavy atom. The Bertz CT molecular complexity index is 1080. The molecule has 0 atom stereocenters. The largest absolute Gasteiger partial charge is 0.324 e. The van der Waals surface area contributed by atoms with Gasteiger partial charge in [0.05, 0.1) is 16.7 Å². The highest BCUT2D eigenvalue weighted by Crippen LogP contribution is 2.29. The minimum absolute atomic E-state index is 0.210. The van der Waals surface area contributed by atoms with Crippen LogP contribution in [-0.2, 0) is 6.42 Å². The van der Waals surface area contributed by atoms with Crippen LogP contribution in [0, 0.1) is 6.92 Å². The van der Waals surface area contributed by atoms with Gasteiger partial charge in [0.1, 0.15) is 9.88 Å². The Morgan fingerprint density at radius 1 is 1.22 bits per heavy atom. The maximum absolute atomic E-state index is 12.7. The number of pyridine rings is 1. The van der Waals surface area contributed by atoms with Crippen molar-refractivity contribution in [3.63, 3.8) is 0 Å². The lowest BCUT2D eigenvalue weighted by Crippen LogP contribution is -2.12. The SMILES string of the molecule is CCCc1cc(-c2nc(C)c(C(=O)Nc3nc4ccccc4[nH]3)s2)ccn1. The molecule has 1 amide bonds. The molecule has 2 N–H and O–H groups in total. The summed E-state index contributed by atoms with van der Waals surface area (Å²) in [7, 11) is 0. The van der Waals surface area contributed by atoms with Crippen LogP contribution in [0.3, 0.4) is 0 Å². The standard InChI is InChI=1S/C20H19N5OS/c1-3-6-14-11-13(9-10-21-14)19-22-12(2)17(27-19)18(26)25-20-23-15-7-4-5-8-16(15)24-20/h4-5,7-11H,3,6H2,1-2H3,(H2,23,24,25,26). The molecule has 6 nitrogen and oxygen atoms in total. The van der Waals surface area contributed by atoms with Crippen LogP contribution in [0.15, 0.2) is 42.6 Å². The Kier molecular flexibility index (Phi) is 4.68. The van der Waals surface area contributed by atoms with Crippen molar-refractivity contribution >= 4 is 34.2 Å². The van der Waals surface area contributed by atoms with Crippen molar-refractivity contribution in [2.45, 2.75) is 26.7 Å². The van der Waals surface area contributed by atoms with Gasteiger partial charge in [0.25, 0.3) is 5.91 Å². The second kappa shape index (κ2) is 7.28. The first-order chi connectivity index (χ1) is 13.1. The Morgan fingerprint density at radius 2 is 2.07 bits per heavy atom. The van der Waals surface area contributed by atoms with E-state index in [-0.39, 0.29) is 5.91 Å². The van der Waals surface area contributed by atoms with Gasteiger partial charge in [-0.05, 0) is 37.6 Å². The molecule has 0 unspecified atom stereocenters. The lowest BCUT2D eigenvalue weighted by atomic mass is 10.2. The van der Waals surface area contributed by atoms with Crippen molar-refractivity contribution in [3.05, 3.63) is 58.9 Å². The summed E-state index contributed by atoms with van der Waals surface area (Å²) in [6.45, 7) is 3.98. The van der Waals surface area contributed by atoms with E-state index >= 15 is 0 Å². The normalized spacial score (nSPS) is 11.0. The zero-order valence-corrected chi connectivity index (χ0v) is 15.9. The smallest absolute Gasteiger partial charge is 0.269 e. The quantitative estimate of drug-likeness (QED) is 0.533. The average Bonchev–Trinajstić information content (AvgIpc) is 3.25. The highest BCUT2D eigenvalue weighted by molar-refractivity contribution is 7.17. The molecule has 1 aromatic carbocycles. The van der Waals surface area contributed by atoms with Crippen LogP contribution in [0.5, 0.6) is 0 Å². The molecule has 0 saturated heterocycles. The van der Waals surface area contributed by atoms with Gasteiger partial charge in [0.2, 0.25) is 5.95 Å². The van der Waals surface area contributed by atoms with Gasteiger partial charge >= 0.3 is 0 Å². The van der Waals surface area contributed by atoms with Gasteiger partial charge in [-0.3, -0.25) is 15.1 Å². The number of imidazole rings is 1. The van der Waals surface area contributed by atoms with Crippen LogP contribution in [0.4, 0.5) is 5.95 Å². The predicted molar refractivity (Wildman–Crippen MR) is 108 cm³/mol. The number of hydrogen-bond acceptors (Lipinski definition) is 5. The number of nitrogens with zero attached hydrogens (tertiary/aromatic N) is 3. The molecule has 0 bridgehead atoms. The first-order valence-electron chi connectivity index (χ1n) is 8.83. The number of fused-ring (bicyclic) bond motifs is 1. The van der Waals surface area contributed by atoms with Crippen LogP contribution < -0.4 is 5.32 Å². The van der Waals surface area contributed by atoms with Gasteiger partial charge in [0.15, 0.2) is 0 Å². The number of rotatable bonds is 5. The van der Waals surface area contributed by atoms with E-state index < -0.39 is 0 Å². The summed E-state index contributed by atoms with van der Waals surface area (Å²) >= 11 is 1.38. The van der Waals surface area contributed by atoms with E-state index in [0.29, 0.717) is 16.5 Å². The second-order valence-electron chi connectivity index (χ2n) is 6.28. The van der Waals surface area contributed by atoms with Crippen LogP contribution in [0.2, 0.25) is 0 Å². The summed E-state index contributed by atoms with van der Waals surface area (Å²) in [5, 5.41) is 3.66. The number of aryl methyl sites for hydroxylation is 2. The maximum atomic E-state index is 12.7. The highest BCUT2D eigenvalue weighted by Gasteiger charge is 2.18. The molecule has 4 aromatic rings. The lowest BCUT2D eigenvalue weighted by molar-refractivity contribution is 0.102. The zero-order valence-electron chi connectivity index (χ0n) is 15.1. The number of para-hydroxylation sites is 2. The van der Waals surface area contributed by atoms with Gasteiger partial charge in [-0.15, -0.1) is 11.3 Å². The summed E-state index contributed by atoms with van der Waals surface area (Å²) < 4.78 is 0. The molecule has 0 aliphatic rings. The fourth-order valence-corrected chi connectivity index (χ4v) is 3.87. The summed E-state index contributed by atoms with van der Waals surface area (Å²) in [5.74, 6) is 0.225. The third kappa shape index (κ3) is 3.59. The molecule has 7 heteroatoms. The molecule has 27 heavy (non-hydrogen) atoms.